The summed E-state index contributed by atoms with van der Waals surface area (Å²) in [4.78, 5) is 12.3. The highest BCUT2D eigenvalue weighted by atomic mass is 32.2. The summed E-state index contributed by atoms with van der Waals surface area (Å²) in [5, 5.41) is 11.8. The van der Waals surface area contributed by atoms with E-state index in [9.17, 15) is 13.2 Å². The highest BCUT2D eigenvalue weighted by molar-refractivity contribution is 7.89. The molecule has 9 nitrogen and oxygen atoms in total. The van der Waals surface area contributed by atoms with Gasteiger partial charge in [-0.15, -0.1) is 5.10 Å². The Morgan fingerprint density at radius 3 is 2.71 bits per heavy atom. The lowest BCUT2D eigenvalue weighted by atomic mass is 10.2. The van der Waals surface area contributed by atoms with Crippen molar-refractivity contribution in [2.24, 2.45) is 0 Å². The van der Waals surface area contributed by atoms with E-state index in [0.717, 1.165) is 4.68 Å². The second-order valence-corrected chi connectivity index (χ2v) is 6.89. The first-order chi connectivity index (χ1) is 11.4. The van der Waals surface area contributed by atoms with Gasteiger partial charge in [0.15, 0.2) is 5.76 Å². The van der Waals surface area contributed by atoms with Gasteiger partial charge in [-0.25, -0.2) is 17.8 Å². The van der Waals surface area contributed by atoms with Crippen molar-refractivity contribution in [3.8, 4) is 0 Å². The van der Waals surface area contributed by atoms with Crippen LogP contribution in [-0.4, -0.2) is 35.1 Å². The summed E-state index contributed by atoms with van der Waals surface area (Å²) in [7, 11) is -3.77. The molecular weight excluding hydrogens is 334 g/mol. The Balaban J connectivity index is 1.78. The first-order valence-electron chi connectivity index (χ1n) is 7.15. The Hall–Kier alpha value is -2.59. The monoisotopic (exact) mass is 349 g/mol. The second kappa shape index (κ2) is 6.13. The number of hydrogen-bond acceptors (Lipinski definition) is 7. The number of rotatable bonds is 5. The van der Waals surface area contributed by atoms with Crippen LogP contribution < -0.4 is 10.3 Å². The van der Waals surface area contributed by atoms with E-state index in [1.165, 1.54) is 6.92 Å². The smallest absolute Gasteiger partial charge is 0.277 e. The molecule has 0 atom stereocenters. The fourth-order valence-electron chi connectivity index (χ4n) is 2.39. The van der Waals surface area contributed by atoms with Crippen molar-refractivity contribution in [2.75, 3.05) is 6.54 Å². The lowest BCUT2D eigenvalue weighted by molar-refractivity contribution is 0.390. The largest absolute Gasteiger partial charge is 0.360 e. The summed E-state index contributed by atoms with van der Waals surface area (Å²) in [5.41, 5.74) is 0.454. The van der Waals surface area contributed by atoms with Crippen LogP contribution in [-0.2, 0) is 16.6 Å². The Morgan fingerprint density at radius 2 is 2.00 bits per heavy atom. The summed E-state index contributed by atoms with van der Waals surface area (Å²) in [6, 6.07) is 6.83. The molecule has 3 rings (SSSR count). The molecule has 0 spiro atoms. The number of fused-ring (bicyclic) bond motifs is 1. The standard InChI is InChI=1S/C14H15N5O4S/c1-9-13(10(2)23-17-9)24(21,22)15-7-8-19-14(20)11-5-3-4-6-12(11)16-18-19/h3-6,15H,7-8H2,1-2H3. The molecule has 1 aromatic carbocycles. The molecule has 0 saturated heterocycles. The number of nitrogens with zero attached hydrogens (tertiary/aromatic N) is 4. The Bertz CT molecular complexity index is 1030. The van der Waals surface area contributed by atoms with Crippen LogP contribution in [0.5, 0.6) is 0 Å². The molecule has 0 amide bonds. The third kappa shape index (κ3) is 2.93. The maximum Gasteiger partial charge on any atom is 0.277 e. The number of hydrogen-bond donors (Lipinski definition) is 1. The summed E-state index contributed by atoms with van der Waals surface area (Å²) >= 11 is 0. The molecule has 126 valence electrons. The minimum atomic E-state index is -3.77. The molecular formula is C14H15N5O4S. The molecule has 3 aromatic rings. The third-order valence-corrected chi connectivity index (χ3v) is 5.19. The highest BCUT2D eigenvalue weighted by Crippen LogP contribution is 2.18. The SMILES string of the molecule is Cc1noc(C)c1S(=O)(=O)NCCn1nnc2ccccc2c1=O. The molecule has 0 saturated carbocycles. The van der Waals surface area contributed by atoms with Gasteiger partial charge in [-0.2, -0.15) is 0 Å². The minimum absolute atomic E-state index is 0.0134. The minimum Gasteiger partial charge on any atom is -0.360 e. The topological polar surface area (TPSA) is 120 Å². The van der Waals surface area contributed by atoms with Crippen molar-refractivity contribution in [3.05, 3.63) is 46.1 Å². The van der Waals surface area contributed by atoms with Crippen molar-refractivity contribution in [2.45, 2.75) is 25.3 Å². The van der Waals surface area contributed by atoms with E-state index >= 15 is 0 Å². The van der Waals surface area contributed by atoms with Gasteiger partial charge in [-0.1, -0.05) is 22.5 Å². The summed E-state index contributed by atoms with van der Waals surface area (Å²) in [6.45, 7) is 3.11. The fraction of sp³-hybridized carbons (Fsp3) is 0.286. The average molecular weight is 349 g/mol. The van der Waals surface area contributed by atoms with Crippen molar-refractivity contribution in [3.63, 3.8) is 0 Å². The molecule has 0 aliphatic carbocycles. The van der Waals surface area contributed by atoms with E-state index in [2.05, 4.69) is 20.2 Å². The van der Waals surface area contributed by atoms with Gasteiger partial charge in [0.05, 0.1) is 11.9 Å². The number of aromatic nitrogens is 4. The van der Waals surface area contributed by atoms with Crippen LogP contribution in [0.4, 0.5) is 0 Å². The van der Waals surface area contributed by atoms with E-state index in [1.807, 2.05) is 0 Å². The van der Waals surface area contributed by atoms with Crippen LogP contribution >= 0.6 is 0 Å². The lowest BCUT2D eigenvalue weighted by Crippen LogP contribution is -2.33. The maximum absolute atomic E-state index is 12.3. The van der Waals surface area contributed by atoms with Gasteiger partial charge in [-0.3, -0.25) is 4.79 Å². The van der Waals surface area contributed by atoms with Crippen molar-refractivity contribution in [1.29, 1.82) is 0 Å². The first kappa shape index (κ1) is 16.3. The zero-order valence-corrected chi connectivity index (χ0v) is 13.9. The van der Waals surface area contributed by atoms with Gasteiger partial charge >= 0.3 is 0 Å². The van der Waals surface area contributed by atoms with Gasteiger partial charge in [0.25, 0.3) is 5.56 Å². The van der Waals surface area contributed by atoms with E-state index in [4.69, 9.17) is 4.52 Å². The van der Waals surface area contributed by atoms with E-state index in [0.29, 0.717) is 10.9 Å². The molecule has 0 fully saturated rings. The zero-order chi connectivity index (χ0) is 17.3. The molecule has 24 heavy (non-hydrogen) atoms. The summed E-state index contributed by atoms with van der Waals surface area (Å²) < 4.78 is 33.0. The maximum atomic E-state index is 12.3. The van der Waals surface area contributed by atoms with E-state index in [1.54, 1.807) is 31.2 Å². The van der Waals surface area contributed by atoms with Gasteiger partial charge in [0.2, 0.25) is 10.0 Å². The number of benzene rings is 1. The predicted octanol–water partition coefficient (Wildman–Crippen LogP) is 0.375. The molecule has 0 aliphatic rings. The molecule has 0 radical (unpaired) electrons. The normalized spacial score (nSPS) is 11.9. The lowest BCUT2D eigenvalue weighted by Gasteiger charge is -2.07. The van der Waals surface area contributed by atoms with Crippen molar-refractivity contribution >= 4 is 20.9 Å². The number of nitrogens with one attached hydrogen (secondary N) is 1. The average Bonchev–Trinajstić information content (AvgIpc) is 2.89. The molecule has 0 bridgehead atoms. The quantitative estimate of drug-likeness (QED) is 0.706. The molecule has 2 aromatic heterocycles. The van der Waals surface area contributed by atoms with Gasteiger partial charge in [0, 0.05) is 6.54 Å². The Morgan fingerprint density at radius 1 is 1.25 bits per heavy atom. The van der Waals surface area contributed by atoms with E-state index < -0.39 is 10.0 Å². The molecule has 0 aliphatic heterocycles. The van der Waals surface area contributed by atoms with Gasteiger partial charge < -0.3 is 4.52 Å². The van der Waals surface area contributed by atoms with Crippen LogP contribution in [0.3, 0.4) is 0 Å². The molecule has 1 N–H and O–H groups in total. The Labute approximate surface area is 137 Å². The zero-order valence-electron chi connectivity index (χ0n) is 13.1. The van der Waals surface area contributed by atoms with Crippen molar-refractivity contribution < 1.29 is 12.9 Å². The number of aryl methyl sites for hydroxylation is 2. The summed E-state index contributed by atoms with van der Waals surface area (Å²) in [6.07, 6.45) is 0. The third-order valence-electron chi connectivity index (χ3n) is 3.48. The van der Waals surface area contributed by atoms with E-state index in [-0.39, 0.29) is 35.0 Å². The van der Waals surface area contributed by atoms with Crippen LogP contribution in [0.2, 0.25) is 0 Å². The predicted molar refractivity (Wildman–Crippen MR) is 85.0 cm³/mol. The highest BCUT2D eigenvalue weighted by Gasteiger charge is 2.23. The molecule has 0 unspecified atom stereocenters. The second-order valence-electron chi connectivity index (χ2n) is 5.19. The molecule has 2 heterocycles. The van der Waals surface area contributed by atoms with Crippen LogP contribution in [0.15, 0.2) is 38.5 Å². The first-order valence-corrected chi connectivity index (χ1v) is 8.63. The van der Waals surface area contributed by atoms with Crippen LogP contribution in [0.1, 0.15) is 11.5 Å². The van der Waals surface area contributed by atoms with Gasteiger partial charge in [-0.05, 0) is 26.0 Å². The van der Waals surface area contributed by atoms with Crippen LogP contribution in [0.25, 0.3) is 10.9 Å². The molecule has 10 heteroatoms. The van der Waals surface area contributed by atoms with Crippen molar-refractivity contribution in [1.82, 2.24) is 24.9 Å². The fourth-order valence-corrected chi connectivity index (χ4v) is 3.73. The Kier molecular flexibility index (Phi) is 4.16. The van der Waals surface area contributed by atoms with Gasteiger partial charge in [0.1, 0.15) is 16.1 Å². The number of sulfonamides is 1. The van der Waals surface area contributed by atoms with Crippen LogP contribution in [0, 0.1) is 13.8 Å². The summed E-state index contributed by atoms with van der Waals surface area (Å²) in [5.74, 6) is 0.211.